The maximum atomic E-state index is 12.3. The summed E-state index contributed by atoms with van der Waals surface area (Å²) in [5.41, 5.74) is -0.258. The van der Waals surface area contributed by atoms with Gasteiger partial charge in [-0.15, -0.1) is 11.8 Å². The second-order valence-electron chi connectivity index (χ2n) is 6.18. The largest absolute Gasteiger partial charge is 0.457 e. The minimum absolute atomic E-state index is 0.368. The van der Waals surface area contributed by atoms with Crippen LogP contribution in [0.2, 0.25) is 0 Å². The molecule has 0 N–H and O–H groups in total. The van der Waals surface area contributed by atoms with Gasteiger partial charge < -0.3 is 14.0 Å². The summed E-state index contributed by atoms with van der Waals surface area (Å²) < 4.78 is 15.2. The maximum Gasteiger partial charge on any atom is 0.344 e. The van der Waals surface area contributed by atoms with Gasteiger partial charge in [-0.05, 0) is 39.8 Å². The molecule has 0 bridgehead atoms. The molecule has 0 atom stereocenters. The molecule has 0 aliphatic carbocycles. The molecule has 1 aromatic carbocycles. The second kappa shape index (κ2) is 8.15. The first-order chi connectivity index (χ1) is 11.7. The Hall–Kier alpha value is -2.35. The van der Waals surface area contributed by atoms with Gasteiger partial charge in [0, 0.05) is 4.90 Å². The van der Waals surface area contributed by atoms with Crippen LogP contribution >= 0.6 is 11.8 Å². The Morgan fingerprint density at radius 2 is 1.96 bits per heavy atom. The lowest BCUT2D eigenvalue weighted by Crippen LogP contribution is -2.27. The van der Waals surface area contributed by atoms with Crippen LogP contribution < -0.4 is 0 Å². The summed E-state index contributed by atoms with van der Waals surface area (Å²) in [5.74, 6) is 0.278. The van der Waals surface area contributed by atoms with E-state index >= 15 is 0 Å². The third kappa shape index (κ3) is 6.22. The number of rotatable bonds is 6. The normalized spacial score (nSPS) is 11.2. The summed E-state index contributed by atoms with van der Waals surface area (Å²) in [6, 6.07) is 6.97. The van der Waals surface area contributed by atoms with Crippen LogP contribution in [0, 0.1) is 6.92 Å². The first-order valence-corrected chi connectivity index (χ1v) is 8.63. The lowest BCUT2D eigenvalue weighted by atomic mass is 10.2. The van der Waals surface area contributed by atoms with Gasteiger partial charge in [-0.25, -0.2) is 9.59 Å². The number of aromatic nitrogens is 2. The van der Waals surface area contributed by atoms with Crippen molar-refractivity contribution < 1.29 is 23.6 Å². The fourth-order valence-corrected chi connectivity index (χ4v) is 2.75. The van der Waals surface area contributed by atoms with Crippen molar-refractivity contribution in [2.75, 3.05) is 6.61 Å². The van der Waals surface area contributed by atoms with Crippen LogP contribution in [0.4, 0.5) is 0 Å². The molecule has 0 saturated heterocycles. The Kier molecular flexibility index (Phi) is 6.19. The smallest absolute Gasteiger partial charge is 0.344 e. The number of carbonyl (C=O) groups excluding carboxylic acids is 2. The van der Waals surface area contributed by atoms with Gasteiger partial charge in [0.1, 0.15) is 5.60 Å². The van der Waals surface area contributed by atoms with Crippen molar-refractivity contribution in [3.8, 4) is 0 Å². The van der Waals surface area contributed by atoms with Crippen molar-refractivity contribution in [3.05, 3.63) is 41.5 Å². The highest BCUT2D eigenvalue weighted by molar-refractivity contribution is 7.98. The summed E-state index contributed by atoms with van der Waals surface area (Å²) in [5, 5.41) is 3.72. The summed E-state index contributed by atoms with van der Waals surface area (Å²) in [7, 11) is 0. The van der Waals surface area contributed by atoms with Crippen LogP contribution in [0.25, 0.3) is 0 Å². The molecule has 1 heterocycles. The molecule has 0 spiro atoms. The third-order valence-electron chi connectivity index (χ3n) is 2.77. The highest BCUT2D eigenvalue weighted by Crippen LogP contribution is 2.26. The fraction of sp³-hybridized carbons (Fsp3) is 0.412. The maximum absolute atomic E-state index is 12.3. The predicted molar refractivity (Wildman–Crippen MR) is 91.2 cm³/mol. The minimum atomic E-state index is -0.626. The number of hydrogen-bond acceptors (Lipinski definition) is 8. The molecule has 0 aliphatic rings. The number of nitrogens with zero attached hydrogens (tertiary/aromatic N) is 2. The quantitative estimate of drug-likeness (QED) is 0.570. The Morgan fingerprint density at radius 3 is 2.60 bits per heavy atom. The third-order valence-corrected chi connectivity index (χ3v) is 3.83. The molecule has 0 unspecified atom stereocenters. The van der Waals surface area contributed by atoms with Gasteiger partial charge in [0.15, 0.2) is 12.4 Å². The molecule has 0 radical (unpaired) electrons. The van der Waals surface area contributed by atoms with E-state index in [1.165, 1.54) is 11.8 Å². The SMILES string of the molecule is Cc1noc(CSc2ccccc2C(=O)OCC(=O)OC(C)(C)C)n1. The van der Waals surface area contributed by atoms with Crippen LogP contribution in [0.15, 0.2) is 33.7 Å². The van der Waals surface area contributed by atoms with Crippen LogP contribution in [-0.2, 0) is 20.0 Å². The van der Waals surface area contributed by atoms with Crippen LogP contribution in [0.5, 0.6) is 0 Å². The second-order valence-corrected chi connectivity index (χ2v) is 7.20. The summed E-state index contributed by atoms with van der Waals surface area (Å²) in [6.45, 7) is 6.55. The first-order valence-electron chi connectivity index (χ1n) is 7.64. The highest BCUT2D eigenvalue weighted by atomic mass is 32.2. The van der Waals surface area contributed by atoms with Gasteiger partial charge in [-0.3, -0.25) is 0 Å². The Balaban J connectivity index is 1.96. The number of benzene rings is 1. The lowest BCUT2D eigenvalue weighted by molar-refractivity contribution is -0.158. The van der Waals surface area contributed by atoms with Crippen LogP contribution in [0.3, 0.4) is 0 Å². The van der Waals surface area contributed by atoms with Crippen molar-refractivity contribution in [1.29, 1.82) is 0 Å². The summed E-state index contributed by atoms with van der Waals surface area (Å²) in [4.78, 5) is 28.7. The van der Waals surface area contributed by atoms with E-state index in [0.29, 0.717) is 27.9 Å². The van der Waals surface area contributed by atoms with Crippen molar-refractivity contribution in [3.63, 3.8) is 0 Å². The Morgan fingerprint density at radius 1 is 1.24 bits per heavy atom. The van der Waals surface area contributed by atoms with E-state index < -0.39 is 24.1 Å². The Labute approximate surface area is 150 Å². The molecule has 0 saturated carbocycles. The van der Waals surface area contributed by atoms with Gasteiger partial charge in [-0.2, -0.15) is 4.98 Å². The van der Waals surface area contributed by atoms with Crippen molar-refractivity contribution in [2.24, 2.45) is 0 Å². The van der Waals surface area contributed by atoms with Crippen molar-refractivity contribution in [2.45, 2.75) is 43.9 Å². The average molecular weight is 364 g/mol. The molecule has 8 heteroatoms. The molecule has 7 nitrogen and oxygen atoms in total. The van der Waals surface area contributed by atoms with Crippen molar-refractivity contribution in [1.82, 2.24) is 10.1 Å². The fourth-order valence-electron chi connectivity index (χ4n) is 1.87. The zero-order chi connectivity index (χ0) is 18.4. The van der Waals surface area contributed by atoms with E-state index in [1.807, 2.05) is 6.07 Å². The zero-order valence-electron chi connectivity index (χ0n) is 14.6. The van der Waals surface area contributed by atoms with Gasteiger partial charge in [0.05, 0.1) is 11.3 Å². The lowest BCUT2D eigenvalue weighted by Gasteiger charge is -2.19. The van der Waals surface area contributed by atoms with Gasteiger partial charge in [0.25, 0.3) is 0 Å². The zero-order valence-corrected chi connectivity index (χ0v) is 15.4. The molecule has 1 aromatic heterocycles. The molecule has 0 fully saturated rings. The van der Waals surface area contributed by atoms with E-state index in [2.05, 4.69) is 10.1 Å². The number of carbonyl (C=O) groups is 2. The van der Waals surface area contributed by atoms with Crippen molar-refractivity contribution >= 4 is 23.7 Å². The molecule has 2 rings (SSSR count). The summed E-state index contributed by atoms with van der Waals surface area (Å²) in [6.07, 6.45) is 0. The monoisotopic (exact) mass is 364 g/mol. The highest BCUT2D eigenvalue weighted by Gasteiger charge is 2.19. The molecule has 25 heavy (non-hydrogen) atoms. The van der Waals surface area contributed by atoms with Crippen LogP contribution in [0.1, 0.15) is 42.8 Å². The van der Waals surface area contributed by atoms with Gasteiger partial charge in [0.2, 0.25) is 5.89 Å². The summed E-state index contributed by atoms with van der Waals surface area (Å²) >= 11 is 1.37. The molecular formula is C17H20N2O5S. The van der Waals surface area contributed by atoms with E-state index in [-0.39, 0.29) is 0 Å². The average Bonchev–Trinajstić information content (AvgIpc) is 2.95. The van der Waals surface area contributed by atoms with E-state index in [0.717, 1.165) is 0 Å². The number of ether oxygens (including phenoxy) is 2. The van der Waals surface area contributed by atoms with E-state index in [9.17, 15) is 9.59 Å². The standard InChI is InChI=1S/C17H20N2O5S/c1-11-18-14(24-19-11)10-25-13-8-6-5-7-12(13)16(21)22-9-15(20)23-17(2,3)4/h5-8H,9-10H2,1-4H3. The minimum Gasteiger partial charge on any atom is -0.457 e. The number of aryl methyl sites for hydroxylation is 1. The topological polar surface area (TPSA) is 91.5 Å². The molecule has 2 aromatic rings. The Bertz CT molecular complexity index is 751. The van der Waals surface area contributed by atoms with Gasteiger partial charge in [-0.1, -0.05) is 17.3 Å². The van der Waals surface area contributed by atoms with E-state index in [4.69, 9.17) is 14.0 Å². The molecule has 0 amide bonds. The number of thioether (sulfide) groups is 1. The van der Waals surface area contributed by atoms with E-state index in [1.54, 1.807) is 45.9 Å². The first kappa shape index (κ1) is 19.0. The van der Waals surface area contributed by atoms with Gasteiger partial charge >= 0.3 is 11.9 Å². The number of hydrogen-bond donors (Lipinski definition) is 0. The molecule has 0 aliphatic heterocycles. The molecule has 134 valence electrons. The predicted octanol–water partition coefficient (Wildman–Crippen LogP) is 3.17. The van der Waals surface area contributed by atoms with Crippen LogP contribution in [-0.4, -0.2) is 34.3 Å². The number of esters is 2. The molecular weight excluding hydrogens is 344 g/mol.